The molecule has 0 N–H and O–H groups in total. The molecule has 1 aromatic carbocycles. The van der Waals surface area contributed by atoms with E-state index in [1.807, 2.05) is 29.2 Å². The lowest BCUT2D eigenvalue weighted by molar-refractivity contribution is 0.0648. The summed E-state index contributed by atoms with van der Waals surface area (Å²) in [5, 5.41) is 0. The van der Waals surface area contributed by atoms with Crippen LogP contribution in [0.3, 0.4) is 0 Å². The van der Waals surface area contributed by atoms with Crippen LogP contribution in [0.1, 0.15) is 49.4 Å². The highest BCUT2D eigenvalue weighted by atomic mass is 79.9. The number of hydrogen-bond acceptors (Lipinski definition) is 1. The number of amides is 1. The normalized spacial score (nSPS) is 16.6. The lowest BCUT2D eigenvalue weighted by Gasteiger charge is -2.33. The monoisotopic (exact) mass is 309 g/mol. The first-order valence-corrected chi connectivity index (χ1v) is 7.58. The van der Waals surface area contributed by atoms with Gasteiger partial charge in [0, 0.05) is 22.6 Å². The van der Waals surface area contributed by atoms with Gasteiger partial charge in [-0.1, -0.05) is 41.3 Å². The minimum atomic E-state index is 0.172. The largest absolute Gasteiger partial charge is 0.336 e. The van der Waals surface area contributed by atoms with Gasteiger partial charge in [0.1, 0.15) is 0 Å². The van der Waals surface area contributed by atoms with Gasteiger partial charge in [0.2, 0.25) is 0 Å². The van der Waals surface area contributed by atoms with E-state index in [9.17, 15) is 4.79 Å². The zero-order chi connectivity index (χ0) is 13.0. The number of hydrogen-bond donors (Lipinski definition) is 0. The summed E-state index contributed by atoms with van der Waals surface area (Å²) in [6, 6.07) is 8.13. The van der Waals surface area contributed by atoms with Crippen molar-refractivity contribution >= 4 is 21.8 Å². The number of halogens is 1. The predicted octanol–water partition coefficient (Wildman–Crippen LogP) is 4.24. The van der Waals surface area contributed by atoms with Crippen LogP contribution in [0.25, 0.3) is 0 Å². The van der Waals surface area contributed by atoms with Crippen LogP contribution >= 0.6 is 15.9 Å². The highest BCUT2D eigenvalue weighted by Crippen LogP contribution is 2.24. The van der Waals surface area contributed by atoms with Gasteiger partial charge in [0.05, 0.1) is 0 Å². The van der Waals surface area contributed by atoms with Crippen molar-refractivity contribution in [2.75, 3.05) is 6.54 Å². The zero-order valence-corrected chi connectivity index (χ0v) is 12.4. The molecule has 0 spiro atoms. The van der Waals surface area contributed by atoms with Crippen molar-refractivity contribution in [3.8, 4) is 0 Å². The minimum absolute atomic E-state index is 0.172. The second-order valence-corrected chi connectivity index (χ2v) is 5.81. The van der Waals surface area contributed by atoms with E-state index in [1.165, 1.54) is 19.3 Å². The van der Waals surface area contributed by atoms with Crippen LogP contribution in [0.5, 0.6) is 0 Å². The van der Waals surface area contributed by atoms with Crippen molar-refractivity contribution in [1.29, 1.82) is 0 Å². The Balaban J connectivity index is 2.14. The summed E-state index contributed by atoms with van der Waals surface area (Å²) in [5.41, 5.74) is 0.789. The van der Waals surface area contributed by atoms with Gasteiger partial charge in [-0.15, -0.1) is 0 Å². The summed E-state index contributed by atoms with van der Waals surface area (Å²) in [6.45, 7) is 2.88. The molecule has 18 heavy (non-hydrogen) atoms. The van der Waals surface area contributed by atoms with E-state index >= 15 is 0 Å². The smallest absolute Gasteiger partial charge is 0.254 e. The van der Waals surface area contributed by atoms with Gasteiger partial charge in [-0.3, -0.25) is 4.79 Å². The van der Waals surface area contributed by atoms with Crippen molar-refractivity contribution in [2.24, 2.45) is 0 Å². The Labute approximate surface area is 117 Å². The third-order valence-corrected chi connectivity index (χ3v) is 4.18. The van der Waals surface area contributed by atoms with E-state index < -0.39 is 0 Å². The molecule has 1 aliphatic rings. The molecule has 0 saturated heterocycles. The van der Waals surface area contributed by atoms with E-state index in [2.05, 4.69) is 22.9 Å². The first-order chi connectivity index (χ1) is 8.72. The predicted molar refractivity (Wildman–Crippen MR) is 77.7 cm³/mol. The van der Waals surface area contributed by atoms with Gasteiger partial charge >= 0.3 is 0 Å². The number of benzene rings is 1. The molecule has 98 valence electrons. The van der Waals surface area contributed by atoms with Gasteiger partial charge < -0.3 is 4.90 Å². The Morgan fingerprint density at radius 1 is 1.33 bits per heavy atom. The third-order valence-electron chi connectivity index (χ3n) is 3.69. The van der Waals surface area contributed by atoms with Crippen LogP contribution < -0.4 is 0 Å². The number of carbonyl (C=O) groups excluding carboxylic acids is 1. The van der Waals surface area contributed by atoms with Crippen LogP contribution in [0.2, 0.25) is 0 Å². The first-order valence-electron chi connectivity index (χ1n) is 6.79. The van der Waals surface area contributed by atoms with Crippen molar-refractivity contribution in [3.63, 3.8) is 0 Å². The molecule has 0 aromatic heterocycles. The van der Waals surface area contributed by atoms with Crippen LogP contribution in [-0.4, -0.2) is 23.4 Å². The zero-order valence-electron chi connectivity index (χ0n) is 10.9. The minimum Gasteiger partial charge on any atom is -0.336 e. The SMILES string of the molecule is CCN(C(=O)c1cccc(Br)c1)C1CCCCC1. The molecule has 1 fully saturated rings. The molecule has 0 heterocycles. The molecule has 1 aromatic rings. The van der Waals surface area contributed by atoms with Crippen LogP contribution in [-0.2, 0) is 0 Å². The van der Waals surface area contributed by atoms with E-state index in [0.717, 1.165) is 29.4 Å². The van der Waals surface area contributed by atoms with Crippen molar-refractivity contribution in [2.45, 2.75) is 45.1 Å². The van der Waals surface area contributed by atoms with E-state index in [1.54, 1.807) is 0 Å². The standard InChI is InChI=1S/C15H20BrNO/c1-2-17(14-9-4-3-5-10-14)15(18)12-7-6-8-13(16)11-12/h6-8,11,14H,2-5,9-10H2,1H3. The maximum atomic E-state index is 12.5. The highest BCUT2D eigenvalue weighted by molar-refractivity contribution is 9.10. The maximum absolute atomic E-state index is 12.5. The highest BCUT2D eigenvalue weighted by Gasteiger charge is 2.24. The van der Waals surface area contributed by atoms with E-state index in [4.69, 9.17) is 0 Å². The number of nitrogens with zero attached hydrogens (tertiary/aromatic N) is 1. The van der Waals surface area contributed by atoms with Crippen molar-refractivity contribution in [1.82, 2.24) is 4.90 Å². The molecule has 0 aliphatic heterocycles. The Kier molecular flexibility index (Phi) is 4.81. The average molecular weight is 310 g/mol. The molecule has 1 aliphatic carbocycles. The van der Waals surface area contributed by atoms with E-state index in [-0.39, 0.29) is 5.91 Å². The molecule has 3 heteroatoms. The van der Waals surface area contributed by atoms with Gasteiger partial charge in [0.25, 0.3) is 5.91 Å². The molecule has 2 rings (SSSR count). The molecule has 0 bridgehead atoms. The van der Waals surface area contributed by atoms with Gasteiger partial charge in [-0.05, 0) is 38.0 Å². The number of rotatable bonds is 3. The molecule has 1 amide bonds. The average Bonchev–Trinajstić information content (AvgIpc) is 2.41. The second-order valence-electron chi connectivity index (χ2n) is 4.89. The summed E-state index contributed by atoms with van der Waals surface area (Å²) in [5.74, 6) is 0.172. The molecular weight excluding hydrogens is 290 g/mol. The van der Waals surface area contributed by atoms with Crippen molar-refractivity contribution < 1.29 is 4.79 Å². The van der Waals surface area contributed by atoms with Gasteiger partial charge in [0.15, 0.2) is 0 Å². The summed E-state index contributed by atoms with van der Waals surface area (Å²) < 4.78 is 0.966. The lowest BCUT2D eigenvalue weighted by Crippen LogP contribution is -2.41. The van der Waals surface area contributed by atoms with Crippen LogP contribution in [0.15, 0.2) is 28.7 Å². The fraction of sp³-hybridized carbons (Fsp3) is 0.533. The Morgan fingerprint density at radius 2 is 2.06 bits per heavy atom. The summed E-state index contributed by atoms with van der Waals surface area (Å²) in [4.78, 5) is 14.6. The van der Waals surface area contributed by atoms with Gasteiger partial charge in [-0.2, -0.15) is 0 Å². The molecule has 0 unspecified atom stereocenters. The third kappa shape index (κ3) is 3.14. The maximum Gasteiger partial charge on any atom is 0.254 e. The molecule has 2 nitrogen and oxygen atoms in total. The quantitative estimate of drug-likeness (QED) is 0.817. The Morgan fingerprint density at radius 3 is 2.67 bits per heavy atom. The molecular formula is C15H20BrNO. The lowest BCUT2D eigenvalue weighted by atomic mass is 9.93. The molecule has 0 radical (unpaired) electrons. The van der Waals surface area contributed by atoms with E-state index in [0.29, 0.717) is 6.04 Å². The van der Waals surface area contributed by atoms with Crippen LogP contribution in [0.4, 0.5) is 0 Å². The fourth-order valence-corrected chi connectivity index (χ4v) is 3.15. The molecule has 0 atom stereocenters. The fourth-order valence-electron chi connectivity index (χ4n) is 2.75. The van der Waals surface area contributed by atoms with Gasteiger partial charge in [-0.25, -0.2) is 0 Å². The summed E-state index contributed by atoms with van der Waals surface area (Å²) in [7, 11) is 0. The number of carbonyl (C=O) groups is 1. The Bertz CT molecular complexity index is 413. The topological polar surface area (TPSA) is 20.3 Å². The molecule has 1 saturated carbocycles. The Hall–Kier alpha value is -0.830. The summed E-state index contributed by atoms with van der Waals surface area (Å²) >= 11 is 3.43. The first kappa shape index (κ1) is 13.6. The summed E-state index contributed by atoms with van der Waals surface area (Å²) in [6.07, 6.45) is 6.15. The van der Waals surface area contributed by atoms with Crippen molar-refractivity contribution in [3.05, 3.63) is 34.3 Å². The van der Waals surface area contributed by atoms with Crippen LogP contribution in [0, 0.1) is 0 Å². The second kappa shape index (κ2) is 6.37.